The zero-order chi connectivity index (χ0) is 13.8. The van der Waals surface area contributed by atoms with E-state index in [4.69, 9.17) is 35.9 Å². The number of nitrogens with two attached hydrogens (primary N) is 2. The molecule has 4 N–H and O–H groups in total. The van der Waals surface area contributed by atoms with Crippen LogP contribution in [-0.4, -0.2) is 19.9 Å². The zero-order valence-electron chi connectivity index (χ0n) is 9.74. The lowest BCUT2D eigenvalue weighted by Gasteiger charge is -2.04. The number of aromatic nitrogens is 2. The van der Waals surface area contributed by atoms with Gasteiger partial charge in [0.25, 0.3) is 0 Å². The highest BCUT2D eigenvalue weighted by Crippen LogP contribution is 2.25. The normalized spacial score (nSPS) is 10.1. The maximum atomic E-state index is 5.59. The highest BCUT2D eigenvalue weighted by Gasteiger charge is 2.05. The van der Waals surface area contributed by atoms with Gasteiger partial charge in [-0.05, 0) is 24.3 Å². The van der Waals surface area contributed by atoms with Crippen LogP contribution in [0.15, 0.2) is 46.7 Å². The van der Waals surface area contributed by atoms with Gasteiger partial charge in [-0.2, -0.15) is 0 Å². The molecule has 0 aromatic carbocycles. The van der Waals surface area contributed by atoms with E-state index < -0.39 is 0 Å². The van der Waals surface area contributed by atoms with Crippen LogP contribution in [-0.2, 0) is 0 Å². The van der Waals surface area contributed by atoms with E-state index in [-0.39, 0.29) is 0 Å². The molecule has 0 amide bonds. The van der Waals surface area contributed by atoms with Crippen molar-refractivity contribution in [2.75, 3.05) is 0 Å². The number of hydrogen-bond acceptors (Lipinski definition) is 5. The molecule has 0 saturated carbocycles. The van der Waals surface area contributed by atoms with Gasteiger partial charge < -0.3 is 11.5 Å². The SMILES string of the molecule is NC(=S)c1ccnc(Sc2cc(C(N)=S)ccn2)c1. The van der Waals surface area contributed by atoms with E-state index in [2.05, 4.69) is 9.97 Å². The molecule has 0 unspecified atom stereocenters. The molecule has 0 atom stereocenters. The topological polar surface area (TPSA) is 77.8 Å². The Hall–Kier alpha value is -1.57. The van der Waals surface area contributed by atoms with E-state index in [1.165, 1.54) is 11.8 Å². The second-order valence-corrected chi connectivity index (χ2v) is 5.52. The van der Waals surface area contributed by atoms with Crippen LogP contribution in [0.4, 0.5) is 0 Å². The highest BCUT2D eigenvalue weighted by molar-refractivity contribution is 7.99. The minimum absolute atomic E-state index is 0.342. The lowest BCUT2D eigenvalue weighted by molar-refractivity contribution is 1.09. The second-order valence-electron chi connectivity index (χ2n) is 3.60. The van der Waals surface area contributed by atoms with E-state index in [9.17, 15) is 0 Å². The molecule has 2 heterocycles. The van der Waals surface area contributed by atoms with Crippen molar-refractivity contribution >= 4 is 46.2 Å². The van der Waals surface area contributed by atoms with Gasteiger partial charge in [-0.1, -0.05) is 36.2 Å². The van der Waals surface area contributed by atoms with Crippen molar-refractivity contribution < 1.29 is 0 Å². The lowest BCUT2D eigenvalue weighted by Crippen LogP contribution is -2.09. The maximum absolute atomic E-state index is 5.59. The standard InChI is InChI=1S/C12H10N4S3/c13-11(17)7-1-3-15-9(5-7)19-10-6-8(12(14)18)2-4-16-10/h1-6H,(H2,13,17)(H2,14,18). The summed E-state index contributed by atoms with van der Waals surface area (Å²) in [6.07, 6.45) is 3.32. The first-order chi connectivity index (χ1) is 9.06. The molecule has 0 bridgehead atoms. The van der Waals surface area contributed by atoms with Gasteiger partial charge >= 0.3 is 0 Å². The first kappa shape index (κ1) is 13.9. The van der Waals surface area contributed by atoms with Crippen LogP contribution >= 0.6 is 36.2 Å². The van der Waals surface area contributed by atoms with Gasteiger partial charge in [-0.3, -0.25) is 0 Å². The molecular formula is C12H10N4S3. The third-order valence-corrected chi connectivity index (χ3v) is 3.58. The predicted octanol–water partition coefficient (Wildman–Crippen LogP) is 1.90. The smallest absolute Gasteiger partial charge is 0.104 e. The minimum Gasteiger partial charge on any atom is -0.389 e. The molecule has 0 aliphatic carbocycles. The fourth-order valence-electron chi connectivity index (χ4n) is 1.34. The van der Waals surface area contributed by atoms with Crippen molar-refractivity contribution in [1.82, 2.24) is 9.97 Å². The monoisotopic (exact) mass is 306 g/mol. The van der Waals surface area contributed by atoms with Crippen LogP contribution in [0.2, 0.25) is 0 Å². The van der Waals surface area contributed by atoms with Crippen molar-refractivity contribution in [2.24, 2.45) is 11.5 Å². The molecule has 0 fully saturated rings. The third-order valence-electron chi connectivity index (χ3n) is 2.25. The first-order valence-corrected chi connectivity index (χ1v) is 6.89. The van der Waals surface area contributed by atoms with Crippen LogP contribution in [0.5, 0.6) is 0 Å². The van der Waals surface area contributed by atoms with Crippen molar-refractivity contribution in [2.45, 2.75) is 10.1 Å². The van der Waals surface area contributed by atoms with Gasteiger partial charge in [0.1, 0.15) is 20.0 Å². The number of nitrogens with zero attached hydrogens (tertiary/aromatic N) is 2. The quantitative estimate of drug-likeness (QED) is 0.835. The maximum Gasteiger partial charge on any atom is 0.104 e. The summed E-state index contributed by atoms with van der Waals surface area (Å²) in [5.41, 5.74) is 12.7. The Balaban J connectivity index is 2.26. The van der Waals surface area contributed by atoms with Gasteiger partial charge in [0.2, 0.25) is 0 Å². The summed E-state index contributed by atoms with van der Waals surface area (Å²) in [7, 11) is 0. The number of rotatable bonds is 4. The molecule has 0 spiro atoms. The minimum atomic E-state index is 0.342. The molecule has 7 heteroatoms. The molecule has 4 nitrogen and oxygen atoms in total. The van der Waals surface area contributed by atoms with E-state index in [1.807, 2.05) is 12.1 Å². The largest absolute Gasteiger partial charge is 0.389 e. The Bertz CT molecular complexity index is 587. The Labute approximate surface area is 125 Å². The fraction of sp³-hybridized carbons (Fsp3) is 0. The van der Waals surface area contributed by atoms with Crippen LogP contribution in [0, 0.1) is 0 Å². The molecule has 2 aromatic rings. The van der Waals surface area contributed by atoms with Crippen molar-refractivity contribution in [3.63, 3.8) is 0 Å². The predicted molar refractivity (Wildman–Crippen MR) is 84.4 cm³/mol. The van der Waals surface area contributed by atoms with Gasteiger partial charge in [0.15, 0.2) is 0 Å². The van der Waals surface area contributed by atoms with Crippen LogP contribution in [0.3, 0.4) is 0 Å². The number of thiocarbonyl (C=S) groups is 2. The van der Waals surface area contributed by atoms with Crippen LogP contribution in [0.1, 0.15) is 11.1 Å². The fourth-order valence-corrected chi connectivity index (χ4v) is 2.41. The summed E-state index contributed by atoms with van der Waals surface area (Å²) in [4.78, 5) is 9.15. The van der Waals surface area contributed by atoms with E-state index in [1.54, 1.807) is 24.5 Å². The lowest BCUT2D eigenvalue weighted by atomic mass is 10.3. The Kier molecular flexibility index (Phi) is 4.41. The number of hydrogen-bond donors (Lipinski definition) is 2. The summed E-state index contributed by atoms with van der Waals surface area (Å²) in [6, 6.07) is 7.18. The van der Waals surface area contributed by atoms with Crippen molar-refractivity contribution in [1.29, 1.82) is 0 Å². The summed E-state index contributed by atoms with van der Waals surface area (Å²) < 4.78 is 0. The van der Waals surface area contributed by atoms with E-state index in [0.29, 0.717) is 9.98 Å². The molecule has 19 heavy (non-hydrogen) atoms. The van der Waals surface area contributed by atoms with Gasteiger partial charge in [-0.25, -0.2) is 9.97 Å². The van der Waals surface area contributed by atoms with Crippen LogP contribution in [0.25, 0.3) is 0 Å². The summed E-state index contributed by atoms with van der Waals surface area (Å²) in [6.45, 7) is 0. The Morgan fingerprint density at radius 2 is 1.32 bits per heavy atom. The molecule has 0 saturated heterocycles. The molecule has 0 aliphatic heterocycles. The molecule has 96 valence electrons. The molecule has 0 aliphatic rings. The molecule has 0 radical (unpaired) electrons. The summed E-state index contributed by atoms with van der Waals surface area (Å²) in [5, 5.41) is 1.52. The summed E-state index contributed by atoms with van der Waals surface area (Å²) >= 11 is 11.3. The molecular weight excluding hydrogens is 296 g/mol. The highest BCUT2D eigenvalue weighted by atomic mass is 32.2. The average molecular weight is 306 g/mol. The molecule has 2 aromatic heterocycles. The summed E-state index contributed by atoms with van der Waals surface area (Å²) in [5.74, 6) is 0. The Morgan fingerprint density at radius 3 is 1.68 bits per heavy atom. The van der Waals surface area contributed by atoms with Gasteiger partial charge in [0.05, 0.1) is 0 Å². The zero-order valence-corrected chi connectivity index (χ0v) is 12.2. The van der Waals surface area contributed by atoms with Gasteiger partial charge in [0, 0.05) is 23.5 Å². The first-order valence-electron chi connectivity index (χ1n) is 5.26. The average Bonchev–Trinajstić information content (AvgIpc) is 2.39. The third kappa shape index (κ3) is 3.69. The van der Waals surface area contributed by atoms with Gasteiger partial charge in [-0.15, -0.1) is 0 Å². The van der Waals surface area contributed by atoms with Crippen molar-refractivity contribution in [3.8, 4) is 0 Å². The van der Waals surface area contributed by atoms with Crippen LogP contribution < -0.4 is 11.5 Å². The van der Waals surface area contributed by atoms with E-state index >= 15 is 0 Å². The Morgan fingerprint density at radius 1 is 0.895 bits per heavy atom. The van der Waals surface area contributed by atoms with E-state index in [0.717, 1.165) is 21.2 Å². The van der Waals surface area contributed by atoms with Crippen molar-refractivity contribution in [3.05, 3.63) is 47.8 Å². The molecule has 2 rings (SSSR count). The number of pyridine rings is 2. The second kappa shape index (κ2) is 6.05.